The number of amides is 1. The molecule has 0 saturated carbocycles. The Bertz CT molecular complexity index is 1360. The first-order chi connectivity index (χ1) is 16.2. The number of alkyl halides is 3. The van der Waals surface area contributed by atoms with Gasteiger partial charge in [-0.3, -0.25) is 9.59 Å². The molecule has 0 unspecified atom stereocenters. The summed E-state index contributed by atoms with van der Waals surface area (Å²) in [4.78, 5) is 35.7. The Morgan fingerprint density at radius 3 is 2.56 bits per heavy atom. The van der Waals surface area contributed by atoms with Crippen molar-refractivity contribution in [1.82, 2.24) is 15.0 Å². The molecule has 2 heterocycles. The summed E-state index contributed by atoms with van der Waals surface area (Å²) in [5.74, 6) is -0.735. The van der Waals surface area contributed by atoms with Gasteiger partial charge in [0.2, 0.25) is 11.8 Å². The van der Waals surface area contributed by atoms with E-state index in [1.54, 1.807) is 18.2 Å². The lowest BCUT2D eigenvalue weighted by atomic mass is 10.1. The standard InChI is InChI=1S/C22H15F3N4O4S/c1-32-19(31)10-17(30)28-21-29-20-15(3-2-4-16(20)34-21)33-18-9-14(26-11-27-18)12-5-7-13(8-6-12)22(23,24)25/h2-9,11H,10H2,1H3,(H,28,29,30). The van der Waals surface area contributed by atoms with Gasteiger partial charge < -0.3 is 14.8 Å². The van der Waals surface area contributed by atoms with E-state index in [1.165, 1.54) is 43.0 Å². The maximum atomic E-state index is 12.8. The quantitative estimate of drug-likeness (QED) is 0.299. The number of esters is 1. The molecule has 8 nitrogen and oxygen atoms in total. The van der Waals surface area contributed by atoms with Crippen molar-refractivity contribution < 1.29 is 32.2 Å². The average molecular weight is 488 g/mol. The van der Waals surface area contributed by atoms with Gasteiger partial charge in [-0.2, -0.15) is 13.2 Å². The van der Waals surface area contributed by atoms with Crippen LogP contribution in [0.1, 0.15) is 12.0 Å². The fraction of sp³-hybridized carbons (Fsp3) is 0.136. The van der Waals surface area contributed by atoms with Crippen molar-refractivity contribution in [2.45, 2.75) is 12.6 Å². The summed E-state index contributed by atoms with van der Waals surface area (Å²) in [7, 11) is 1.19. The summed E-state index contributed by atoms with van der Waals surface area (Å²) in [5, 5.41) is 2.81. The van der Waals surface area contributed by atoms with Gasteiger partial charge in [-0.25, -0.2) is 15.0 Å². The van der Waals surface area contributed by atoms with Crippen LogP contribution in [0.2, 0.25) is 0 Å². The number of nitrogens with zero attached hydrogens (tertiary/aromatic N) is 3. The Hall–Kier alpha value is -4.06. The monoisotopic (exact) mass is 488 g/mol. The molecule has 4 rings (SSSR count). The molecule has 0 bridgehead atoms. The van der Waals surface area contributed by atoms with Crippen molar-refractivity contribution in [1.29, 1.82) is 0 Å². The number of nitrogens with one attached hydrogen (secondary N) is 1. The first kappa shape index (κ1) is 23.1. The van der Waals surface area contributed by atoms with Crippen LogP contribution in [0.15, 0.2) is 54.9 Å². The third-order valence-electron chi connectivity index (χ3n) is 4.53. The number of para-hydroxylation sites is 1. The van der Waals surface area contributed by atoms with E-state index in [0.717, 1.165) is 12.1 Å². The minimum Gasteiger partial charge on any atom is -0.469 e. The maximum absolute atomic E-state index is 12.8. The zero-order chi connectivity index (χ0) is 24.3. The van der Waals surface area contributed by atoms with Crippen molar-refractivity contribution in [2.75, 3.05) is 12.4 Å². The largest absolute Gasteiger partial charge is 0.469 e. The van der Waals surface area contributed by atoms with Gasteiger partial charge in [0.1, 0.15) is 18.3 Å². The smallest absolute Gasteiger partial charge is 0.416 e. The molecule has 1 amide bonds. The van der Waals surface area contributed by atoms with Gasteiger partial charge in [-0.1, -0.05) is 29.5 Å². The van der Waals surface area contributed by atoms with Crippen LogP contribution in [-0.4, -0.2) is 33.9 Å². The van der Waals surface area contributed by atoms with Crippen molar-refractivity contribution >= 4 is 38.6 Å². The van der Waals surface area contributed by atoms with E-state index in [4.69, 9.17) is 4.74 Å². The van der Waals surface area contributed by atoms with Crippen molar-refractivity contribution in [3.63, 3.8) is 0 Å². The molecule has 0 aliphatic carbocycles. The van der Waals surface area contributed by atoms with E-state index in [0.29, 0.717) is 27.2 Å². The lowest BCUT2D eigenvalue weighted by molar-refractivity contribution is -0.143. The zero-order valence-corrected chi connectivity index (χ0v) is 18.2. The molecular weight excluding hydrogens is 473 g/mol. The number of anilines is 1. The fourth-order valence-electron chi connectivity index (χ4n) is 2.92. The number of aromatic nitrogens is 3. The molecule has 0 aliphatic heterocycles. The summed E-state index contributed by atoms with van der Waals surface area (Å²) < 4.78 is 49.5. The summed E-state index contributed by atoms with van der Waals surface area (Å²) in [5.41, 5.74) is 0.532. The van der Waals surface area contributed by atoms with E-state index in [-0.39, 0.29) is 11.0 Å². The Kier molecular flexibility index (Phi) is 6.41. The van der Waals surface area contributed by atoms with Gasteiger partial charge in [0.15, 0.2) is 10.9 Å². The Morgan fingerprint density at radius 1 is 1.09 bits per heavy atom. The van der Waals surface area contributed by atoms with Crippen LogP contribution in [-0.2, 0) is 20.5 Å². The van der Waals surface area contributed by atoms with Gasteiger partial charge in [0.25, 0.3) is 0 Å². The fourth-order valence-corrected chi connectivity index (χ4v) is 3.82. The van der Waals surface area contributed by atoms with Gasteiger partial charge in [-0.15, -0.1) is 0 Å². The predicted octanol–water partition coefficient (Wildman–Crippen LogP) is 5.07. The lowest BCUT2D eigenvalue weighted by Gasteiger charge is -2.09. The lowest BCUT2D eigenvalue weighted by Crippen LogP contribution is -2.17. The number of fused-ring (bicyclic) bond motifs is 1. The van der Waals surface area contributed by atoms with Gasteiger partial charge in [-0.05, 0) is 24.3 Å². The minimum atomic E-state index is -4.43. The van der Waals surface area contributed by atoms with E-state index in [9.17, 15) is 22.8 Å². The summed E-state index contributed by atoms with van der Waals surface area (Å²) >= 11 is 1.19. The topological polar surface area (TPSA) is 103 Å². The number of carbonyl (C=O) groups excluding carboxylic acids is 2. The van der Waals surface area contributed by atoms with Crippen LogP contribution in [0.25, 0.3) is 21.5 Å². The highest BCUT2D eigenvalue weighted by Crippen LogP contribution is 2.35. The Balaban J connectivity index is 1.55. The van der Waals surface area contributed by atoms with E-state index in [1.807, 2.05) is 0 Å². The maximum Gasteiger partial charge on any atom is 0.416 e. The molecule has 34 heavy (non-hydrogen) atoms. The van der Waals surface area contributed by atoms with E-state index >= 15 is 0 Å². The van der Waals surface area contributed by atoms with Crippen molar-refractivity contribution in [2.24, 2.45) is 0 Å². The minimum absolute atomic E-state index is 0.154. The van der Waals surface area contributed by atoms with Gasteiger partial charge >= 0.3 is 12.1 Å². The molecule has 0 spiro atoms. The number of benzene rings is 2. The van der Waals surface area contributed by atoms with Crippen LogP contribution in [0, 0.1) is 0 Å². The molecule has 0 saturated heterocycles. The first-order valence-corrected chi connectivity index (χ1v) is 10.5. The highest BCUT2D eigenvalue weighted by molar-refractivity contribution is 7.22. The number of hydrogen-bond acceptors (Lipinski definition) is 8. The van der Waals surface area contributed by atoms with Crippen LogP contribution in [0.5, 0.6) is 11.6 Å². The molecule has 2 aromatic heterocycles. The predicted molar refractivity (Wildman–Crippen MR) is 117 cm³/mol. The second-order valence-corrected chi connectivity index (χ2v) is 7.87. The number of halogens is 3. The van der Waals surface area contributed by atoms with Crippen molar-refractivity contribution in [3.05, 3.63) is 60.4 Å². The Morgan fingerprint density at radius 2 is 1.85 bits per heavy atom. The van der Waals surface area contributed by atoms with Crippen LogP contribution in [0.4, 0.5) is 18.3 Å². The molecule has 0 atom stereocenters. The summed E-state index contributed by atoms with van der Waals surface area (Å²) in [6, 6.07) is 11.2. The number of hydrogen-bond donors (Lipinski definition) is 1. The number of rotatable bonds is 6. The van der Waals surface area contributed by atoms with Crippen LogP contribution in [0.3, 0.4) is 0 Å². The molecule has 4 aromatic rings. The number of carbonyl (C=O) groups is 2. The number of ether oxygens (including phenoxy) is 2. The van der Waals surface area contributed by atoms with Gasteiger partial charge in [0, 0.05) is 11.6 Å². The van der Waals surface area contributed by atoms with E-state index < -0.39 is 30.0 Å². The third-order valence-corrected chi connectivity index (χ3v) is 5.46. The normalized spacial score (nSPS) is 11.3. The molecular formula is C22H15F3N4O4S. The summed E-state index contributed by atoms with van der Waals surface area (Å²) in [6.07, 6.45) is -3.63. The third kappa shape index (κ3) is 5.29. The molecule has 12 heteroatoms. The number of thiazole rings is 1. The molecule has 0 radical (unpaired) electrons. The zero-order valence-electron chi connectivity index (χ0n) is 17.4. The summed E-state index contributed by atoms with van der Waals surface area (Å²) in [6.45, 7) is 0. The molecule has 1 N–H and O–H groups in total. The van der Waals surface area contributed by atoms with E-state index in [2.05, 4.69) is 25.0 Å². The second kappa shape index (κ2) is 9.43. The molecule has 0 aliphatic rings. The van der Waals surface area contributed by atoms with Crippen molar-refractivity contribution in [3.8, 4) is 22.9 Å². The SMILES string of the molecule is COC(=O)CC(=O)Nc1nc2c(Oc3cc(-c4ccc(C(F)(F)F)cc4)ncn3)cccc2s1. The first-order valence-electron chi connectivity index (χ1n) is 9.66. The molecule has 0 fully saturated rings. The average Bonchev–Trinajstić information content (AvgIpc) is 3.22. The van der Waals surface area contributed by atoms with Crippen LogP contribution < -0.4 is 10.1 Å². The highest BCUT2D eigenvalue weighted by atomic mass is 32.1. The Labute approximate surface area is 194 Å². The highest BCUT2D eigenvalue weighted by Gasteiger charge is 2.30. The second-order valence-electron chi connectivity index (χ2n) is 6.84. The molecule has 174 valence electrons. The van der Waals surface area contributed by atoms with Gasteiger partial charge in [0.05, 0.1) is 23.1 Å². The van der Waals surface area contributed by atoms with Crippen LogP contribution >= 0.6 is 11.3 Å². The molecule has 2 aromatic carbocycles. The number of methoxy groups -OCH3 is 1.